The van der Waals surface area contributed by atoms with Crippen molar-refractivity contribution in [3.63, 3.8) is 0 Å². The average Bonchev–Trinajstić information content (AvgIpc) is 2.04. The van der Waals surface area contributed by atoms with Gasteiger partial charge in [-0.2, -0.15) is 0 Å². The van der Waals surface area contributed by atoms with E-state index in [9.17, 15) is 9.59 Å². The summed E-state index contributed by atoms with van der Waals surface area (Å²) in [6.07, 6.45) is 4.20. The van der Waals surface area contributed by atoms with Gasteiger partial charge in [-0.3, -0.25) is 9.59 Å². The van der Waals surface area contributed by atoms with Crippen molar-refractivity contribution in [3.05, 3.63) is 12.2 Å². The zero-order chi connectivity index (χ0) is 8.10. The van der Waals surface area contributed by atoms with Crippen LogP contribution in [0.1, 0.15) is 12.8 Å². The van der Waals surface area contributed by atoms with E-state index in [1.807, 2.05) is 0 Å². The average molecular weight is 154 g/mol. The second-order valence-corrected chi connectivity index (χ2v) is 2.45. The summed E-state index contributed by atoms with van der Waals surface area (Å²) in [5.41, 5.74) is 0. The molecule has 0 saturated heterocycles. The Morgan fingerprint density at radius 3 is 1.91 bits per heavy atom. The van der Waals surface area contributed by atoms with Crippen LogP contribution in [-0.4, -0.2) is 24.8 Å². The van der Waals surface area contributed by atoms with Gasteiger partial charge in [0.25, 0.3) is 0 Å². The van der Waals surface area contributed by atoms with E-state index in [1.54, 1.807) is 12.2 Å². The van der Waals surface area contributed by atoms with E-state index in [0.29, 0.717) is 12.8 Å². The van der Waals surface area contributed by atoms with Crippen LogP contribution in [0.2, 0.25) is 0 Å². The third-order valence-corrected chi connectivity index (χ3v) is 1.38. The number of carbonyl (C=O) groups excluding carboxylic acids is 2. The number of ether oxygens (including phenoxy) is 1. The summed E-state index contributed by atoms with van der Waals surface area (Å²) >= 11 is 0. The molecule has 11 heavy (non-hydrogen) atoms. The summed E-state index contributed by atoms with van der Waals surface area (Å²) in [6.45, 7) is 0.131. The summed E-state index contributed by atoms with van der Waals surface area (Å²) in [4.78, 5) is 21.6. The Balaban J connectivity index is 2.47. The van der Waals surface area contributed by atoms with E-state index in [2.05, 4.69) is 0 Å². The predicted molar refractivity (Wildman–Crippen MR) is 39.2 cm³/mol. The lowest BCUT2D eigenvalue weighted by molar-refractivity contribution is -0.127. The van der Waals surface area contributed by atoms with Gasteiger partial charge in [-0.15, -0.1) is 0 Å². The van der Waals surface area contributed by atoms with Crippen molar-refractivity contribution >= 4 is 11.6 Å². The monoisotopic (exact) mass is 154 g/mol. The Hall–Kier alpha value is -0.960. The van der Waals surface area contributed by atoms with E-state index < -0.39 is 0 Å². The van der Waals surface area contributed by atoms with E-state index in [0.717, 1.165) is 0 Å². The predicted octanol–water partition coefficient (Wildman–Crippen LogP) is 0.491. The van der Waals surface area contributed by atoms with Crippen molar-refractivity contribution in [2.24, 2.45) is 0 Å². The fourth-order valence-electron chi connectivity index (χ4n) is 0.826. The topological polar surface area (TPSA) is 43.4 Å². The van der Waals surface area contributed by atoms with Gasteiger partial charge in [-0.05, 0) is 0 Å². The molecule has 3 heteroatoms. The first-order valence-electron chi connectivity index (χ1n) is 3.55. The van der Waals surface area contributed by atoms with Crippen LogP contribution >= 0.6 is 0 Å². The molecule has 0 aliphatic carbocycles. The fourth-order valence-corrected chi connectivity index (χ4v) is 0.826. The molecule has 0 bridgehead atoms. The van der Waals surface area contributed by atoms with E-state index in [1.165, 1.54) is 0 Å². The summed E-state index contributed by atoms with van der Waals surface area (Å²) in [5.74, 6) is 0.0481. The molecule has 1 rings (SSSR count). The van der Waals surface area contributed by atoms with Crippen molar-refractivity contribution in [2.45, 2.75) is 12.8 Å². The number of rotatable bonds is 0. The van der Waals surface area contributed by atoms with Crippen LogP contribution < -0.4 is 0 Å². The van der Waals surface area contributed by atoms with E-state index in [-0.39, 0.29) is 24.8 Å². The van der Waals surface area contributed by atoms with Crippen molar-refractivity contribution in [3.8, 4) is 0 Å². The summed E-state index contributed by atoms with van der Waals surface area (Å²) in [5, 5.41) is 0. The van der Waals surface area contributed by atoms with Crippen LogP contribution in [0.4, 0.5) is 0 Å². The van der Waals surface area contributed by atoms with Gasteiger partial charge >= 0.3 is 0 Å². The Bertz CT molecular complexity index is 174. The molecule has 0 atom stereocenters. The number of carbonyl (C=O) groups is 2. The van der Waals surface area contributed by atoms with Gasteiger partial charge in [0.05, 0.1) is 0 Å². The minimum Gasteiger partial charge on any atom is -0.366 e. The molecule has 0 spiro atoms. The molecule has 1 heterocycles. The van der Waals surface area contributed by atoms with Crippen molar-refractivity contribution in [2.75, 3.05) is 13.2 Å². The molecular formula is C8H10O3. The second-order valence-electron chi connectivity index (χ2n) is 2.45. The minimum atomic E-state index is 0.0240. The molecule has 0 aromatic heterocycles. The molecular weight excluding hydrogens is 144 g/mol. The zero-order valence-corrected chi connectivity index (χ0v) is 6.21. The minimum absolute atomic E-state index is 0.0240. The maximum atomic E-state index is 10.8. The Morgan fingerprint density at radius 2 is 1.45 bits per heavy atom. The summed E-state index contributed by atoms with van der Waals surface area (Å²) < 4.78 is 4.84. The van der Waals surface area contributed by atoms with Gasteiger partial charge < -0.3 is 4.74 Å². The number of hydrogen-bond acceptors (Lipinski definition) is 3. The molecule has 60 valence electrons. The van der Waals surface area contributed by atoms with Gasteiger partial charge in [0.1, 0.15) is 13.2 Å². The molecule has 0 radical (unpaired) electrons. The van der Waals surface area contributed by atoms with Gasteiger partial charge in [0.15, 0.2) is 11.6 Å². The lowest BCUT2D eigenvalue weighted by atomic mass is 10.2. The van der Waals surface area contributed by atoms with E-state index in [4.69, 9.17) is 4.74 Å². The van der Waals surface area contributed by atoms with Gasteiger partial charge in [0.2, 0.25) is 0 Å². The maximum Gasteiger partial charge on any atom is 0.162 e. The zero-order valence-electron chi connectivity index (χ0n) is 6.21. The van der Waals surface area contributed by atoms with Crippen molar-refractivity contribution in [1.29, 1.82) is 0 Å². The van der Waals surface area contributed by atoms with Gasteiger partial charge in [0, 0.05) is 12.8 Å². The maximum absolute atomic E-state index is 10.8. The molecule has 0 aromatic carbocycles. The molecule has 0 fully saturated rings. The smallest absolute Gasteiger partial charge is 0.162 e. The molecule has 3 nitrogen and oxygen atoms in total. The third-order valence-electron chi connectivity index (χ3n) is 1.38. The van der Waals surface area contributed by atoms with Gasteiger partial charge in [-0.1, -0.05) is 12.2 Å². The Labute approximate surface area is 65.0 Å². The molecule has 0 saturated carbocycles. The number of allylic oxidation sites excluding steroid dienone is 2. The van der Waals surface area contributed by atoms with Crippen LogP contribution in [-0.2, 0) is 14.3 Å². The highest BCUT2D eigenvalue weighted by Gasteiger charge is 2.05. The molecule has 1 aliphatic heterocycles. The second kappa shape index (κ2) is 4.03. The molecule has 0 amide bonds. The molecule has 0 aromatic rings. The Kier molecular flexibility index (Phi) is 2.98. The largest absolute Gasteiger partial charge is 0.366 e. The van der Waals surface area contributed by atoms with Gasteiger partial charge in [-0.25, -0.2) is 0 Å². The highest BCUT2D eigenvalue weighted by atomic mass is 16.5. The summed E-state index contributed by atoms with van der Waals surface area (Å²) in [6, 6.07) is 0. The quantitative estimate of drug-likeness (QED) is 0.477. The van der Waals surface area contributed by atoms with E-state index >= 15 is 0 Å². The highest BCUT2D eigenvalue weighted by molar-refractivity contribution is 5.84. The lowest BCUT2D eigenvalue weighted by Crippen LogP contribution is -2.12. The lowest BCUT2D eigenvalue weighted by Gasteiger charge is -1.97. The molecule has 0 unspecified atom stereocenters. The van der Waals surface area contributed by atoms with Crippen molar-refractivity contribution < 1.29 is 14.3 Å². The SMILES string of the molecule is O=C1C/C=C\CC(=O)COC1. The fraction of sp³-hybridized carbons (Fsp3) is 0.500. The first-order chi connectivity index (χ1) is 5.29. The van der Waals surface area contributed by atoms with Crippen LogP contribution in [0.5, 0.6) is 0 Å². The number of hydrogen-bond donors (Lipinski definition) is 0. The molecule has 1 aliphatic rings. The first kappa shape index (κ1) is 8.14. The molecule has 0 N–H and O–H groups in total. The number of ketones is 2. The van der Waals surface area contributed by atoms with Crippen LogP contribution in [0, 0.1) is 0 Å². The van der Waals surface area contributed by atoms with Crippen LogP contribution in [0.25, 0.3) is 0 Å². The van der Waals surface area contributed by atoms with Crippen molar-refractivity contribution in [1.82, 2.24) is 0 Å². The van der Waals surface area contributed by atoms with Crippen LogP contribution in [0.3, 0.4) is 0 Å². The van der Waals surface area contributed by atoms with Crippen LogP contribution in [0.15, 0.2) is 12.2 Å². The first-order valence-corrected chi connectivity index (χ1v) is 3.55. The standard InChI is InChI=1S/C8H10O3/c9-7-3-1-2-4-8(10)6-11-5-7/h1-2H,3-6H2/b2-1-. The summed E-state index contributed by atoms with van der Waals surface area (Å²) in [7, 11) is 0. The Morgan fingerprint density at radius 1 is 1.00 bits per heavy atom. The highest BCUT2D eigenvalue weighted by Crippen LogP contribution is 1.96. The number of Topliss-reactive ketones (excluding diaryl/α,β-unsaturated/α-hetero) is 2. The third kappa shape index (κ3) is 3.09. The normalized spacial score (nSPS) is 23.6.